The zero-order chi connectivity index (χ0) is 14.5. The number of aliphatic hydroxyl groups is 2. The standard InChI is InChI=1S/C14H22N2O4/c1-19-13-3-5-15-11(14(13)20-2)7-16-6-4-10(9-17)12(18)8-16/h3,5,10,12,17-18H,4,6-9H2,1-2H3/t10-,12+/m1/s1. The Balaban J connectivity index is 2.07. The lowest BCUT2D eigenvalue weighted by Crippen LogP contribution is -2.44. The van der Waals surface area contributed by atoms with Gasteiger partial charge in [-0.1, -0.05) is 0 Å². The van der Waals surface area contributed by atoms with E-state index < -0.39 is 6.10 Å². The smallest absolute Gasteiger partial charge is 0.183 e. The van der Waals surface area contributed by atoms with Crippen molar-refractivity contribution in [1.29, 1.82) is 0 Å². The van der Waals surface area contributed by atoms with Crippen LogP contribution < -0.4 is 9.47 Å². The number of β-amino-alcohol motifs (C(OH)–C–C–N with tert-alkyl or cyclic N) is 1. The molecule has 0 bridgehead atoms. The van der Waals surface area contributed by atoms with Crippen LogP contribution in [-0.2, 0) is 6.54 Å². The lowest BCUT2D eigenvalue weighted by Gasteiger charge is -2.35. The van der Waals surface area contributed by atoms with E-state index in [2.05, 4.69) is 9.88 Å². The second kappa shape index (κ2) is 6.88. The molecule has 0 spiro atoms. The first-order valence-corrected chi connectivity index (χ1v) is 6.76. The monoisotopic (exact) mass is 282 g/mol. The van der Waals surface area contributed by atoms with Crippen molar-refractivity contribution in [3.05, 3.63) is 18.0 Å². The Morgan fingerprint density at radius 3 is 2.80 bits per heavy atom. The predicted molar refractivity (Wildman–Crippen MR) is 73.8 cm³/mol. The SMILES string of the molecule is COc1ccnc(CN2CC[C@H](CO)[C@@H](O)C2)c1OC. The number of nitrogens with zero attached hydrogens (tertiary/aromatic N) is 2. The van der Waals surface area contributed by atoms with Gasteiger partial charge in [0.2, 0.25) is 0 Å². The summed E-state index contributed by atoms with van der Waals surface area (Å²) >= 11 is 0. The quantitative estimate of drug-likeness (QED) is 0.807. The summed E-state index contributed by atoms with van der Waals surface area (Å²) in [5.74, 6) is 1.27. The minimum atomic E-state index is -0.495. The fraction of sp³-hybridized carbons (Fsp3) is 0.643. The molecule has 6 nitrogen and oxygen atoms in total. The Labute approximate surface area is 119 Å². The molecule has 2 N–H and O–H groups in total. The molecule has 0 saturated carbocycles. The van der Waals surface area contributed by atoms with Gasteiger partial charge in [0.05, 0.1) is 20.3 Å². The van der Waals surface area contributed by atoms with Crippen molar-refractivity contribution in [3.63, 3.8) is 0 Å². The first-order chi connectivity index (χ1) is 9.69. The molecule has 0 amide bonds. The molecule has 2 rings (SSSR count). The van der Waals surface area contributed by atoms with E-state index in [4.69, 9.17) is 14.6 Å². The Morgan fingerprint density at radius 1 is 1.40 bits per heavy atom. The van der Waals surface area contributed by atoms with Crippen LogP contribution >= 0.6 is 0 Å². The van der Waals surface area contributed by atoms with E-state index >= 15 is 0 Å². The molecule has 2 atom stereocenters. The summed E-state index contributed by atoms with van der Waals surface area (Å²) in [7, 11) is 3.19. The van der Waals surface area contributed by atoms with Gasteiger partial charge in [0.25, 0.3) is 0 Å². The van der Waals surface area contributed by atoms with Crippen molar-refractivity contribution in [2.24, 2.45) is 5.92 Å². The maximum Gasteiger partial charge on any atom is 0.183 e. The molecule has 1 aliphatic rings. The molecular weight excluding hydrogens is 260 g/mol. The van der Waals surface area contributed by atoms with Gasteiger partial charge in [0.1, 0.15) is 5.69 Å². The minimum Gasteiger partial charge on any atom is -0.493 e. The molecule has 20 heavy (non-hydrogen) atoms. The van der Waals surface area contributed by atoms with Crippen LogP contribution in [0.2, 0.25) is 0 Å². The fourth-order valence-corrected chi connectivity index (χ4v) is 2.58. The molecular formula is C14H22N2O4. The number of pyridine rings is 1. The Bertz CT molecular complexity index is 441. The van der Waals surface area contributed by atoms with Gasteiger partial charge in [-0.2, -0.15) is 0 Å². The van der Waals surface area contributed by atoms with E-state index in [9.17, 15) is 5.11 Å². The summed E-state index contributed by atoms with van der Waals surface area (Å²) in [4.78, 5) is 6.45. The van der Waals surface area contributed by atoms with Crippen LogP contribution in [0.1, 0.15) is 12.1 Å². The average molecular weight is 282 g/mol. The summed E-state index contributed by atoms with van der Waals surface area (Å²) in [6.07, 6.45) is 1.97. The largest absolute Gasteiger partial charge is 0.493 e. The molecule has 0 aliphatic carbocycles. The molecule has 0 aromatic carbocycles. The molecule has 0 radical (unpaired) electrons. The highest BCUT2D eigenvalue weighted by Crippen LogP contribution is 2.30. The second-order valence-corrected chi connectivity index (χ2v) is 5.03. The number of likely N-dealkylation sites (tertiary alicyclic amines) is 1. The van der Waals surface area contributed by atoms with Crippen LogP contribution in [0.3, 0.4) is 0 Å². The molecule has 1 saturated heterocycles. The third-order valence-electron chi connectivity index (χ3n) is 3.78. The normalized spacial score (nSPS) is 23.6. The maximum absolute atomic E-state index is 9.97. The number of hydrogen-bond donors (Lipinski definition) is 2. The van der Waals surface area contributed by atoms with E-state index in [1.54, 1.807) is 26.5 Å². The van der Waals surface area contributed by atoms with Crippen molar-refractivity contribution in [1.82, 2.24) is 9.88 Å². The van der Waals surface area contributed by atoms with Crippen LogP contribution in [0.15, 0.2) is 12.3 Å². The summed E-state index contributed by atoms with van der Waals surface area (Å²) in [5, 5.41) is 19.1. The summed E-state index contributed by atoms with van der Waals surface area (Å²) in [6, 6.07) is 1.76. The number of rotatable bonds is 5. The van der Waals surface area contributed by atoms with Crippen LogP contribution in [0.4, 0.5) is 0 Å². The number of aromatic nitrogens is 1. The number of hydrogen-bond acceptors (Lipinski definition) is 6. The first-order valence-electron chi connectivity index (χ1n) is 6.76. The first kappa shape index (κ1) is 15.0. The van der Waals surface area contributed by atoms with E-state index in [0.29, 0.717) is 24.6 Å². The molecule has 1 aliphatic heterocycles. The number of piperidine rings is 1. The van der Waals surface area contributed by atoms with Crippen molar-refractivity contribution in [2.45, 2.75) is 19.1 Å². The van der Waals surface area contributed by atoms with Crippen molar-refractivity contribution < 1.29 is 19.7 Å². The summed E-state index contributed by atoms with van der Waals surface area (Å²) < 4.78 is 10.6. The third-order valence-corrected chi connectivity index (χ3v) is 3.78. The van der Waals surface area contributed by atoms with Crippen molar-refractivity contribution in [3.8, 4) is 11.5 Å². The zero-order valence-electron chi connectivity index (χ0n) is 12.0. The maximum atomic E-state index is 9.97. The van der Waals surface area contributed by atoms with E-state index in [1.165, 1.54) is 0 Å². The van der Waals surface area contributed by atoms with Crippen LogP contribution in [0, 0.1) is 5.92 Å². The van der Waals surface area contributed by atoms with Gasteiger partial charge in [-0.25, -0.2) is 0 Å². The minimum absolute atomic E-state index is 0.0218. The van der Waals surface area contributed by atoms with Gasteiger partial charge in [0.15, 0.2) is 11.5 Å². The van der Waals surface area contributed by atoms with E-state index in [-0.39, 0.29) is 12.5 Å². The Morgan fingerprint density at radius 2 is 2.20 bits per heavy atom. The number of aliphatic hydroxyl groups excluding tert-OH is 2. The number of methoxy groups -OCH3 is 2. The Hall–Kier alpha value is -1.37. The van der Waals surface area contributed by atoms with Crippen LogP contribution in [0.25, 0.3) is 0 Å². The molecule has 6 heteroatoms. The molecule has 1 fully saturated rings. The van der Waals surface area contributed by atoms with Gasteiger partial charge in [0, 0.05) is 37.9 Å². The molecule has 0 unspecified atom stereocenters. The highest BCUT2D eigenvalue weighted by molar-refractivity contribution is 5.42. The lowest BCUT2D eigenvalue weighted by atomic mass is 9.95. The topological polar surface area (TPSA) is 75.1 Å². The second-order valence-electron chi connectivity index (χ2n) is 5.03. The van der Waals surface area contributed by atoms with E-state index in [1.807, 2.05) is 0 Å². The van der Waals surface area contributed by atoms with Gasteiger partial charge < -0.3 is 19.7 Å². The van der Waals surface area contributed by atoms with Crippen molar-refractivity contribution >= 4 is 0 Å². The summed E-state index contributed by atoms with van der Waals surface area (Å²) in [5.41, 5.74) is 0.793. The summed E-state index contributed by atoms with van der Waals surface area (Å²) in [6.45, 7) is 1.99. The van der Waals surface area contributed by atoms with E-state index in [0.717, 1.165) is 18.7 Å². The highest BCUT2D eigenvalue weighted by Gasteiger charge is 2.28. The van der Waals surface area contributed by atoms with Gasteiger partial charge in [-0.05, 0) is 13.0 Å². The van der Waals surface area contributed by atoms with Gasteiger partial charge in [-0.3, -0.25) is 9.88 Å². The van der Waals surface area contributed by atoms with Gasteiger partial charge >= 0.3 is 0 Å². The van der Waals surface area contributed by atoms with Gasteiger partial charge in [-0.15, -0.1) is 0 Å². The molecule has 112 valence electrons. The lowest BCUT2D eigenvalue weighted by molar-refractivity contribution is -0.00501. The van der Waals surface area contributed by atoms with Crippen LogP contribution in [-0.4, -0.2) is 60.1 Å². The third kappa shape index (κ3) is 3.20. The molecule has 1 aromatic heterocycles. The predicted octanol–water partition coefficient (Wildman–Crippen LogP) is 0.274. The average Bonchev–Trinajstić information content (AvgIpc) is 2.47. The highest BCUT2D eigenvalue weighted by atomic mass is 16.5. The van der Waals surface area contributed by atoms with Crippen LogP contribution in [0.5, 0.6) is 11.5 Å². The molecule has 1 aromatic rings. The molecule has 2 heterocycles. The Kier molecular flexibility index (Phi) is 5.17. The zero-order valence-corrected chi connectivity index (χ0v) is 12.0. The van der Waals surface area contributed by atoms with Crippen molar-refractivity contribution in [2.75, 3.05) is 33.9 Å². The number of ether oxygens (including phenoxy) is 2. The fourth-order valence-electron chi connectivity index (χ4n) is 2.58.